The van der Waals surface area contributed by atoms with Gasteiger partial charge >= 0.3 is 0 Å². The van der Waals surface area contributed by atoms with Crippen molar-refractivity contribution in [3.05, 3.63) is 60.2 Å². The minimum Gasteiger partial charge on any atom is -0.376 e. The van der Waals surface area contributed by atoms with Gasteiger partial charge in [0.15, 0.2) is 0 Å². The Balaban J connectivity index is 1.74. The molecule has 0 aromatic heterocycles. The molecule has 23 heavy (non-hydrogen) atoms. The second-order valence-electron chi connectivity index (χ2n) is 6.74. The Morgan fingerprint density at radius 1 is 1.09 bits per heavy atom. The van der Waals surface area contributed by atoms with E-state index in [1.54, 1.807) is 0 Å². The summed E-state index contributed by atoms with van der Waals surface area (Å²) in [6.45, 7) is 7.31. The molecule has 0 amide bonds. The maximum absolute atomic E-state index is 5.63. The first-order valence-corrected chi connectivity index (χ1v) is 9.22. The van der Waals surface area contributed by atoms with E-state index in [1.807, 2.05) is 6.08 Å². The fourth-order valence-electron chi connectivity index (χ4n) is 3.53. The lowest BCUT2D eigenvalue weighted by Gasteiger charge is -2.28. The fourth-order valence-corrected chi connectivity index (χ4v) is 3.53. The van der Waals surface area contributed by atoms with Gasteiger partial charge in [-0.1, -0.05) is 42.5 Å². The van der Waals surface area contributed by atoms with Crippen molar-refractivity contribution in [2.45, 2.75) is 64.4 Å². The van der Waals surface area contributed by atoms with E-state index in [0.717, 1.165) is 24.9 Å². The number of allylic oxidation sites excluding steroid dienone is 2. The molecule has 1 aromatic rings. The van der Waals surface area contributed by atoms with Gasteiger partial charge in [-0.2, -0.15) is 0 Å². The quantitative estimate of drug-likeness (QED) is 0.378. The standard InChI is InChI=1S/C22H32O/c1-3-5-7-8-19-9-13-21(14-10-19)22-15-11-20(12-16-22)18-23-17-6-4-2/h3-5,11-12,15-16,19,21H,2,6-10,13-14,17-18H2,1H3/t19-,21-. The van der Waals surface area contributed by atoms with Crippen molar-refractivity contribution in [2.24, 2.45) is 5.92 Å². The molecule has 1 saturated carbocycles. The van der Waals surface area contributed by atoms with Crippen LogP contribution in [0.2, 0.25) is 0 Å². The van der Waals surface area contributed by atoms with Gasteiger partial charge in [0, 0.05) is 0 Å². The minimum atomic E-state index is 0.714. The summed E-state index contributed by atoms with van der Waals surface area (Å²) in [5.41, 5.74) is 2.80. The van der Waals surface area contributed by atoms with Crippen LogP contribution in [0.3, 0.4) is 0 Å². The van der Waals surface area contributed by atoms with Crippen molar-refractivity contribution in [1.82, 2.24) is 0 Å². The Morgan fingerprint density at radius 3 is 2.48 bits per heavy atom. The summed E-state index contributed by atoms with van der Waals surface area (Å²) in [4.78, 5) is 0. The summed E-state index contributed by atoms with van der Waals surface area (Å²) >= 11 is 0. The zero-order valence-corrected chi connectivity index (χ0v) is 14.7. The zero-order valence-electron chi connectivity index (χ0n) is 14.7. The first kappa shape index (κ1) is 18.0. The summed E-state index contributed by atoms with van der Waals surface area (Å²) in [5.74, 6) is 1.71. The Bertz CT molecular complexity index is 463. The van der Waals surface area contributed by atoms with Crippen LogP contribution in [0.1, 0.15) is 68.9 Å². The lowest BCUT2D eigenvalue weighted by molar-refractivity contribution is 0.125. The monoisotopic (exact) mass is 312 g/mol. The molecule has 0 bridgehead atoms. The zero-order chi connectivity index (χ0) is 16.3. The summed E-state index contributed by atoms with van der Waals surface area (Å²) in [7, 11) is 0. The van der Waals surface area contributed by atoms with Gasteiger partial charge in [0.2, 0.25) is 0 Å². The van der Waals surface area contributed by atoms with Gasteiger partial charge in [0.05, 0.1) is 13.2 Å². The van der Waals surface area contributed by atoms with E-state index in [2.05, 4.69) is 49.9 Å². The second kappa shape index (κ2) is 10.4. The van der Waals surface area contributed by atoms with Crippen LogP contribution in [0.15, 0.2) is 49.1 Å². The van der Waals surface area contributed by atoms with Gasteiger partial charge in [-0.15, -0.1) is 6.58 Å². The molecule has 1 aromatic carbocycles. The topological polar surface area (TPSA) is 9.23 Å². The molecule has 0 saturated heterocycles. The fraction of sp³-hybridized carbons (Fsp3) is 0.545. The lowest BCUT2D eigenvalue weighted by atomic mass is 9.77. The van der Waals surface area contributed by atoms with Crippen LogP contribution in [-0.2, 0) is 11.3 Å². The van der Waals surface area contributed by atoms with E-state index in [1.165, 1.54) is 49.7 Å². The number of hydrogen-bond donors (Lipinski definition) is 0. The number of rotatable bonds is 9. The molecule has 1 aliphatic rings. The lowest BCUT2D eigenvalue weighted by Crippen LogP contribution is -2.13. The van der Waals surface area contributed by atoms with Crippen molar-refractivity contribution >= 4 is 0 Å². The molecular weight excluding hydrogens is 280 g/mol. The van der Waals surface area contributed by atoms with E-state index < -0.39 is 0 Å². The average Bonchev–Trinajstić information content (AvgIpc) is 2.60. The molecule has 1 nitrogen and oxygen atoms in total. The summed E-state index contributed by atoms with van der Waals surface area (Å²) in [6, 6.07) is 9.11. The third kappa shape index (κ3) is 6.35. The van der Waals surface area contributed by atoms with Crippen LogP contribution in [0.5, 0.6) is 0 Å². The minimum absolute atomic E-state index is 0.714. The molecular formula is C22H32O. The molecule has 0 atom stereocenters. The highest BCUT2D eigenvalue weighted by molar-refractivity contribution is 5.25. The van der Waals surface area contributed by atoms with Gasteiger partial charge in [-0.05, 0) is 74.8 Å². The van der Waals surface area contributed by atoms with Gasteiger partial charge < -0.3 is 4.74 Å². The van der Waals surface area contributed by atoms with E-state index in [9.17, 15) is 0 Å². The van der Waals surface area contributed by atoms with Crippen LogP contribution in [0.25, 0.3) is 0 Å². The first-order chi connectivity index (χ1) is 11.3. The highest BCUT2D eigenvalue weighted by Gasteiger charge is 2.21. The molecule has 1 heteroatoms. The predicted molar refractivity (Wildman–Crippen MR) is 99.7 cm³/mol. The molecule has 0 aliphatic heterocycles. The molecule has 0 spiro atoms. The van der Waals surface area contributed by atoms with Crippen LogP contribution in [-0.4, -0.2) is 6.61 Å². The smallest absolute Gasteiger partial charge is 0.0717 e. The van der Waals surface area contributed by atoms with Crippen molar-refractivity contribution in [1.29, 1.82) is 0 Å². The number of benzene rings is 1. The first-order valence-electron chi connectivity index (χ1n) is 9.22. The molecule has 0 unspecified atom stereocenters. The largest absolute Gasteiger partial charge is 0.376 e. The summed E-state index contributed by atoms with van der Waals surface area (Å²) < 4.78 is 5.63. The summed E-state index contributed by atoms with van der Waals surface area (Å²) in [5, 5.41) is 0. The average molecular weight is 312 g/mol. The van der Waals surface area contributed by atoms with E-state index >= 15 is 0 Å². The molecule has 1 fully saturated rings. The maximum atomic E-state index is 5.63. The molecule has 2 rings (SSSR count). The van der Waals surface area contributed by atoms with Crippen LogP contribution >= 0.6 is 0 Å². The number of ether oxygens (including phenoxy) is 1. The van der Waals surface area contributed by atoms with Gasteiger partial charge in [-0.25, -0.2) is 0 Å². The predicted octanol–water partition coefficient (Wildman–Crippen LogP) is 6.41. The highest BCUT2D eigenvalue weighted by atomic mass is 16.5. The Morgan fingerprint density at radius 2 is 1.83 bits per heavy atom. The van der Waals surface area contributed by atoms with Crippen molar-refractivity contribution in [3.63, 3.8) is 0 Å². The van der Waals surface area contributed by atoms with Gasteiger partial charge in [-0.3, -0.25) is 0 Å². The van der Waals surface area contributed by atoms with Crippen LogP contribution < -0.4 is 0 Å². The SMILES string of the molecule is C=CCCOCc1ccc([C@H]2CC[C@H](CCC=CC)CC2)cc1. The van der Waals surface area contributed by atoms with E-state index in [-0.39, 0.29) is 0 Å². The molecule has 0 N–H and O–H groups in total. The third-order valence-electron chi connectivity index (χ3n) is 5.01. The summed E-state index contributed by atoms with van der Waals surface area (Å²) in [6.07, 6.45) is 15.4. The van der Waals surface area contributed by atoms with Crippen LogP contribution in [0.4, 0.5) is 0 Å². The van der Waals surface area contributed by atoms with Crippen molar-refractivity contribution < 1.29 is 4.74 Å². The van der Waals surface area contributed by atoms with E-state index in [4.69, 9.17) is 4.74 Å². The Labute approximate surface area is 142 Å². The molecule has 126 valence electrons. The molecule has 1 aliphatic carbocycles. The normalized spacial score (nSPS) is 21.6. The molecule has 0 radical (unpaired) electrons. The van der Waals surface area contributed by atoms with E-state index in [0.29, 0.717) is 6.61 Å². The maximum Gasteiger partial charge on any atom is 0.0717 e. The van der Waals surface area contributed by atoms with Crippen molar-refractivity contribution in [2.75, 3.05) is 6.61 Å². The van der Waals surface area contributed by atoms with Crippen molar-refractivity contribution in [3.8, 4) is 0 Å². The van der Waals surface area contributed by atoms with Gasteiger partial charge in [0.25, 0.3) is 0 Å². The number of hydrogen-bond acceptors (Lipinski definition) is 1. The van der Waals surface area contributed by atoms with Crippen LogP contribution in [0, 0.1) is 5.92 Å². The second-order valence-corrected chi connectivity index (χ2v) is 6.74. The third-order valence-corrected chi connectivity index (χ3v) is 5.01. The Kier molecular flexibility index (Phi) is 8.17. The molecule has 0 heterocycles. The Hall–Kier alpha value is -1.34. The van der Waals surface area contributed by atoms with Gasteiger partial charge in [0.1, 0.15) is 0 Å². The highest BCUT2D eigenvalue weighted by Crippen LogP contribution is 2.37.